The summed E-state index contributed by atoms with van der Waals surface area (Å²) >= 11 is 5.83. The number of fused-ring (bicyclic) bond motifs is 1. The molecule has 0 saturated carbocycles. The fourth-order valence-electron chi connectivity index (χ4n) is 1.21. The summed E-state index contributed by atoms with van der Waals surface area (Å²) in [7, 11) is 1.15. The van der Waals surface area contributed by atoms with Crippen molar-refractivity contribution in [2.75, 3.05) is 11.8 Å². The van der Waals surface area contributed by atoms with Crippen LogP contribution >= 0.6 is 22.4 Å². The maximum atomic E-state index is 11.4. The van der Waals surface area contributed by atoms with Crippen LogP contribution in [-0.2, 0) is 14.8 Å². The molecule has 0 aromatic heterocycles. The summed E-state index contributed by atoms with van der Waals surface area (Å²) in [6.45, 7) is 0. The number of methoxy groups -OCH3 is 1. The number of carbonyl (C=O) groups is 1. The van der Waals surface area contributed by atoms with Crippen LogP contribution in [0, 0.1) is 0 Å². The van der Waals surface area contributed by atoms with E-state index in [0.29, 0.717) is 21.2 Å². The van der Waals surface area contributed by atoms with Crippen LogP contribution in [-0.4, -0.2) is 17.3 Å². The maximum absolute atomic E-state index is 11.4. The van der Waals surface area contributed by atoms with Gasteiger partial charge in [0.1, 0.15) is 0 Å². The highest BCUT2D eigenvalue weighted by molar-refractivity contribution is 8.70. The number of hydrogen-bond donors (Lipinski definition) is 1. The van der Waals surface area contributed by atoms with Crippen molar-refractivity contribution >= 4 is 44.1 Å². The highest BCUT2D eigenvalue weighted by atomic mass is 35.5. The van der Waals surface area contributed by atoms with Crippen LogP contribution in [0.5, 0.6) is 0 Å². The van der Waals surface area contributed by atoms with Crippen LogP contribution in [0.2, 0.25) is 5.02 Å². The van der Waals surface area contributed by atoms with Crippen molar-refractivity contribution in [3.05, 3.63) is 22.7 Å². The Bertz CT molecular complexity index is 463. The number of anilines is 1. The monoisotopic (exact) mass is 263 g/mol. The largest absolute Gasteiger partial charge is 0.465 e. The molecule has 15 heavy (non-hydrogen) atoms. The van der Waals surface area contributed by atoms with E-state index < -0.39 is 16.0 Å². The summed E-state index contributed by atoms with van der Waals surface area (Å²) in [5.41, 5.74) is 0.827. The number of nitrogens with one attached hydrogen (secondary N) is 1. The Kier molecular flexibility index (Phi) is 2.90. The number of rotatable bonds is 1. The summed E-state index contributed by atoms with van der Waals surface area (Å²) in [5.74, 6) is -0.499. The van der Waals surface area contributed by atoms with E-state index in [0.717, 1.165) is 10.8 Å². The highest BCUT2D eigenvalue weighted by Crippen LogP contribution is 2.41. The van der Waals surface area contributed by atoms with E-state index in [-0.39, 0.29) is 0 Å². The average Bonchev–Trinajstić information content (AvgIpc) is 2.55. The molecule has 0 unspecified atom stereocenters. The van der Waals surface area contributed by atoms with Crippen LogP contribution < -0.4 is 4.72 Å². The second-order valence-electron chi connectivity index (χ2n) is 2.74. The van der Waals surface area contributed by atoms with E-state index >= 15 is 0 Å². The number of benzene rings is 1. The molecule has 0 spiro atoms. The second kappa shape index (κ2) is 4.03. The summed E-state index contributed by atoms with van der Waals surface area (Å²) in [5, 5.41) is 0.419. The van der Waals surface area contributed by atoms with E-state index in [1.54, 1.807) is 6.07 Å². The fourth-order valence-corrected chi connectivity index (χ4v) is 3.83. The van der Waals surface area contributed by atoms with Crippen LogP contribution in [0.15, 0.2) is 17.0 Å². The molecule has 0 fully saturated rings. The van der Waals surface area contributed by atoms with Gasteiger partial charge in [-0.2, -0.15) is 0 Å². The first-order valence-corrected chi connectivity index (χ1v) is 6.76. The van der Waals surface area contributed by atoms with Gasteiger partial charge in [-0.1, -0.05) is 11.6 Å². The molecule has 1 N–H and O–H groups in total. The Balaban J connectivity index is 2.56. The van der Waals surface area contributed by atoms with Gasteiger partial charge in [-0.25, -0.2) is 9.00 Å². The number of ether oxygens (including phenoxy) is 1. The van der Waals surface area contributed by atoms with E-state index in [2.05, 4.69) is 9.46 Å². The molecule has 1 atom stereocenters. The lowest BCUT2D eigenvalue weighted by atomic mass is 10.2. The van der Waals surface area contributed by atoms with Crippen molar-refractivity contribution in [1.29, 1.82) is 0 Å². The molecule has 1 heterocycles. The van der Waals surface area contributed by atoms with Crippen LogP contribution in [0.3, 0.4) is 0 Å². The Labute approximate surface area is 97.3 Å². The second-order valence-corrected chi connectivity index (χ2v) is 5.86. The minimum Gasteiger partial charge on any atom is -0.465 e. The SMILES string of the molecule is COC(=O)c1cc(Cl)cc2c1N[S@](=O)S2. The normalized spacial score (nSPS) is 18.1. The van der Waals surface area contributed by atoms with Crippen molar-refractivity contribution in [2.45, 2.75) is 4.90 Å². The van der Waals surface area contributed by atoms with Gasteiger partial charge in [0.15, 0.2) is 10.0 Å². The smallest absolute Gasteiger partial charge is 0.340 e. The van der Waals surface area contributed by atoms with E-state index in [1.807, 2.05) is 0 Å². The van der Waals surface area contributed by atoms with Gasteiger partial charge in [-0.15, -0.1) is 0 Å². The minimum atomic E-state index is -1.26. The minimum absolute atomic E-state index is 0.304. The molecular weight excluding hydrogens is 258 g/mol. The van der Waals surface area contributed by atoms with Crippen molar-refractivity contribution < 1.29 is 13.7 Å². The molecular formula is C8H6ClNO3S2. The van der Waals surface area contributed by atoms with Crippen molar-refractivity contribution in [3.63, 3.8) is 0 Å². The van der Waals surface area contributed by atoms with Gasteiger partial charge in [-0.05, 0) is 22.9 Å². The number of esters is 1. The first-order valence-electron chi connectivity index (χ1n) is 3.90. The van der Waals surface area contributed by atoms with Crippen LogP contribution in [0.1, 0.15) is 10.4 Å². The molecule has 80 valence electrons. The molecule has 1 aliphatic rings. The van der Waals surface area contributed by atoms with Gasteiger partial charge < -0.3 is 4.74 Å². The zero-order valence-electron chi connectivity index (χ0n) is 7.57. The number of halogens is 1. The molecule has 7 heteroatoms. The van der Waals surface area contributed by atoms with Gasteiger partial charge >= 0.3 is 5.97 Å². The standard InChI is InChI=1S/C8H6ClNO3S2/c1-13-8(11)5-2-4(9)3-6-7(5)10-15(12)14-6/h2-3,10H,1H3/t15-/m1/s1. The molecule has 0 saturated heterocycles. The lowest BCUT2D eigenvalue weighted by Gasteiger charge is -2.05. The average molecular weight is 264 g/mol. The van der Waals surface area contributed by atoms with Gasteiger partial charge in [0.25, 0.3) is 0 Å². The topological polar surface area (TPSA) is 55.4 Å². The zero-order valence-corrected chi connectivity index (χ0v) is 9.96. The van der Waals surface area contributed by atoms with Crippen LogP contribution in [0.4, 0.5) is 5.69 Å². The van der Waals surface area contributed by atoms with Gasteiger partial charge in [-0.3, -0.25) is 4.72 Å². The summed E-state index contributed by atoms with van der Waals surface area (Å²) < 4.78 is 18.5. The first kappa shape index (κ1) is 10.8. The van der Waals surface area contributed by atoms with Crippen molar-refractivity contribution in [3.8, 4) is 0 Å². The molecule has 0 radical (unpaired) electrons. The lowest BCUT2D eigenvalue weighted by molar-refractivity contribution is 0.0601. The number of carbonyl (C=O) groups excluding carboxylic acids is 1. The van der Waals surface area contributed by atoms with Gasteiger partial charge in [0.2, 0.25) is 0 Å². The van der Waals surface area contributed by atoms with Crippen molar-refractivity contribution in [2.24, 2.45) is 0 Å². The quantitative estimate of drug-likeness (QED) is 0.624. The molecule has 1 aliphatic heterocycles. The summed E-state index contributed by atoms with van der Waals surface area (Å²) in [6.07, 6.45) is 0. The third-order valence-corrected chi connectivity index (χ3v) is 4.31. The highest BCUT2D eigenvalue weighted by Gasteiger charge is 2.25. The molecule has 1 aromatic carbocycles. The van der Waals surface area contributed by atoms with Gasteiger partial charge in [0, 0.05) is 9.92 Å². The molecule has 0 bridgehead atoms. The van der Waals surface area contributed by atoms with Crippen LogP contribution in [0.25, 0.3) is 0 Å². The molecule has 2 rings (SSSR count). The van der Waals surface area contributed by atoms with E-state index in [4.69, 9.17) is 11.6 Å². The fraction of sp³-hybridized carbons (Fsp3) is 0.125. The Hall–Kier alpha value is -0.720. The molecule has 0 amide bonds. The maximum Gasteiger partial charge on any atom is 0.340 e. The third kappa shape index (κ3) is 1.97. The predicted octanol–water partition coefficient (Wildman–Crippen LogP) is 2.22. The Morgan fingerprint density at radius 1 is 1.60 bits per heavy atom. The number of hydrogen-bond acceptors (Lipinski definition) is 4. The predicted molar refractivity (Wildman–Crippen MR) is 60.4 cm³/mol. The Morgan fingerprint density at radius 3 is 3.00 bits per heavy atom. The summed E-state index contributed by atoms with van der Waals surface area (Å²) in [4.78, 5) is 12.1. The first-order chi connectivity index (χ1) is 7.11. The molecule has 4 nitrogen and oxygen atoms in total. The summed E-state index contributed by atoms with van der Waals surface area (Å²) in [6, 6.07) is 3.15. The van der Waals surface area contributed by atoms with Crippen molar-refractivity contribution in [1.82, 2.24) is 0 Å². The van der Waals surface area contributed by atoms with Gasteiger partial charge in [0.05, 0.1) is 18.4 Å². The van der Waals surface area contributed by atoms with E-state index in [9.17, 15) is 9.00 Å². The zero-order chi connectivity index (χ0) is 11.0. The lowest BCUT2D eigenvalue weighted by Crippen LogP contribution is -2.05. The third-order valence-electron chi connectivity index (χ3n) is 1.82. The molecule has 0 aliphatic carbocycles. The van der Waals surface area contributed by atoms with E-state index in [1.165, 1.54) is 13.2 Å². The molecule has 1 aromatic rings. The Morgan fingerprint density at radius 2 is 2.33 bits per heavy atom.